The van der Waals surface area contributed by atoms with Gasteiger partial charge in [-0.3, -0.25) is 9.69 Å². The summed E-state index contributed by atoms with van der Waals surface area (Å²) in [5.41, 5.74) is 0.509. The SMILES string of the molecule is COc1cc(C(=O)NC2CC3CCCC(C2)N3Cc2ncc(Br)s2)cc(OC)c1OC. The van der Waals surface area contributed by atoms with E-state index in [2.05, 4.69) is 31.1 Å². The first-order chi connectivity index (χ1) is 15.0. The molecule has 9 heteroatoms. The zero-order valence-electron chi connectivity index (χ0n) is 18.0. The minimum atomic E-state index is -0.111. The van der Waals surface area contributed by atoms with Crippen molar-refractivity contribution in [1.29, 1.82) is 0 Å². The van der Waals surface area contributed by atoms with Crippen LogP contribution in [0.2, 0.25) is 0 Å². The molecule has 168 valence electrons. The number of methoxy groups -OCH3 is 3. The first-order valence-corrected chi connectivity index (χ1v) is 12.1. The van der Waals surface area contributed by atoms with E-state index < -0.39 is 0 Å². The molecule has 2 unspecified atom stereocenters. The van der Waals surface area contributed by atoms with Crippen LogP contribution < -0.4 is 19.5 Å². The van der Waals surface area contributed by atoms with E-state index in [0.29, 0.717) is 34.9 Å². The van der Waals surface area contributed by atoms with Crippen LogP contribution in [0.25, 0.3) is 0 Å². The number of aromatic nitrogens is 1. The number of carbonyl (C=O) groups is 1. The van der Waals surface area contributed by atoms with E-state index in [0.717, 1.165) is 28.2 Å². The largest absolute Gasteiger partial charge is 0.493 e. The molecule has 0 radical (unpaired) electrons. The number of halogens is 1. The van der Waals surface area contributed by atoms with Crippen LogP contribution in [0.1, 0.15) is 47.5 Å². The van der Waals surface area contributed by atoms with E-state index in [1.165, 1.54) is 19.3 Å². The lowest BCUT2D eigenvalue weighted by Crippen LogP contribution is -2.56. The molecular weight excluding hydrogens is 482 g/mol. The molecule has 2 aliphatic heterocycles. The van der Waals surface area contributed by atoms with Crippen molar-refractivity contribution in [3.05, 3.63) is 32.7 Å². The summed E-state index contributed by atoms with van der Waals surface area (Å²) < 4.78 is 17.2. The van der Waals surface area contributed by atoms with Gasteiger partial charge in [0.25, 0.3) is 5.91 Å². The Morgan fingerprint density at radius 2 is 1.81 bits per heavy atom. The molecule has 2 aliphatic rings. The number of fused-ring (bicyclic) bond motifs is 2. The third-order valence-corrected chi connectivity index (χ3v) is 7.69. The number of nitrogens with one attached hydrogen (secondary N) is 1. The zero-order valence-corrected chi connectivity index (χ0v) is 20.4. The Kier molecular flexibility index (Phi) is 7.03. The van der Waals surface area contributed by atoms with Crippen LogP contribution in [0.15, 0.2) is 22.1 Å². The van der Waals surface area contributed by atoms with E-state index in [1.807, 2.05) is 6.20 Å². The molecule has 0 aliphatic carbocycles. The highest BCUT2D eigenvalue weighted by Crippen LogP contribution is 2.39. The molecule has 4 rings (SSSR count). The van der Waals surface area contributed by atoms with E-state index >= 15 is 0 Å². The summed E-state index contributed by atoms with van der Waals surface area (Å²) in [5, 5.41) is 4.40. The monoisotopic (exact) mass is 509 g/mol. The molecule has 1 aromatic carbocycles. The molecule has 0 saturated carbocycles. The second kappa shape index (κ2) is 9.75. The zero-order chi connectivity index (χ0) is 22.0. The van der Waals surface area contributed by atoms with Crippen molar-refractivity contribution in [2.75, 3.05) is 21.3 Å². The third kappa shape index (κ3) is 4.83. The predicted octanol–water partition coefficient (Wildman–Crippen LogP) is 4.25. The maximum atomic E-state index is 13.1. The fraction of sp³-hybridized carbons (Fsp3) is 0.545. The first kappa shape index (κ1) is 22.4. The van der Waals surface area contributed by atoms with Gasteiger partial charge in [0.05, 0.1) is 37.9 Å². The first-order valence-electron chi connectivity index (χ1n) is 10.5. The smallest absolute Gasteiger partial charge is 0.251 e. The summed E-state index contributed by atoms with van der Waals surface area (Å²) >= 11 is 5.21. The summed E-state index contributed by atoms with van der Waals surface area (Å²) in [7, 11) is 4.66. The minimum absolute atomic E-state index is 0.111. The average Bonchev–Trinajstić information content (AvgIpc) is 3.17. The number of hydrogen-bond donors (Lipinski definition) is 1. The molecule has 2 bridgehead atoms. The molecular formula is C22H28BrN3O4S. The molecule has 7 nitrogen and oxygen atoms in total. The van der Waals surface area contributed by atoms with Crippen molar-refractivity contribution < 1.29 is 19.0 Å². The van der Waals surface area contributed by atoms with Crippen LogP contribution in [0.5, 0.6) is 17.2 Å². The van der Waals surface area contributed by atoms with E-state index in [-0.39, 0.29) is 11.9 Å². The highest BCUT2D eigenvalue weighted by molar-refractivity contribution is 9.11. The number of carbonyl (C=O) groups excluding carboxylic acids is 1. The lowest BCUT2D eigenvalue weighted by molar-refractivity contribution is 0.0176. The van der Waals surface area contributed by atoms with E-state index in [9.17, 15) is 4.79 Å². The normalized spacial score (nSPS) is 23.3. The third-order valence-electron chi connectivity index (χ3n) is 6.23. The van der Waals surface area contributed by atoms with Gasteiger partial charge in [-0.25, -0.2) is 4.98 Å². The number of thiazole rings is 1. The molecule has 2 saturated heterocycles. The lowest BCUT2D eigenvalue weighted by Gasteiger charge is -2.48. The maximum Gasteiger partial charge on any atom is 0.251 e. The van der Waals surface area contributed by atoms with Crippen LogP contribution >= 0.6 is 27.3 Å². The average molecular weight is 510 g/mol. The lowest BCUT2D eigenvalue weighted by atomic mass is 9.81. The molecule has 2 fully saturated rings. The van der Waals surface area contributed by atoms with Crippen molar-refractivity contribution in [1.82, 2.24) is 15.2 Å². The van der Waals surface area contributed by atoms with E-state index in [1.54, 1.807) is 44.8 Å². The topological polar surface area (TPSA) is 72.9 Å². The van der Waals surface area contributed by atoms with Crippen LogP contribution in [0, 0.1) is 0 Å². The van der Waals surface area contributed by atoms with Gasteiger partial charge in [0.2, 0.25) is 5.75 Å². The highest BCUT2D eigenvalue weighted by atomic mass is 79.9. The molecule has 1 amide bonds. The summed E-state index contributed by atoms with van der Waals surface area (Å²) in [6, 6.07) is 4.50. The number of ether oxygens (including phenoxy) is 3. The highest BCUT2D eigenvalue weighted by Gasteiger charge is 2.39. The maximum absolute atomic E-state index is 13.1. The van der Waals surface area contributed by atoms with Crippen molar-refractivity contribution >= 4 is 33.2 Å². The van der Waals surface area contributed by atoms with Gasteiger partial charge < -0.3 is 19.5 Å². The molecule has 1 N–H and O–H groups in total. The van der Waals surface area contributed by atoms with Gasteiger partial charge in [-0.2, -0.15) is 0 Å². The van der Waals surface area contributed by atoms with Gasteiger partial charge in [0.1, 0.15) is 5.01 Å². The summed E-state index contributed by atoms with van der Waals surface area (Å²) in [4.78, 5) is 20.2. The van der Waals surface area contributed by atoms with Crippen molar-refractivity contribution in [2.24, 2.45) is 0 Å². The number of benzene rings is 1. The van der Waals surface area contributed by atoms with Gasteiger partial charge in [0, 0.05) is 23.7 Å². The Morgan fingerprint density at radius 1 is 1.16 bits per heavy atom. The van der Waals surface area contributed by atoms with Gasteiger partial charge in [-0.05, 0) is 53.7 Å². The number of amides is 1. The fourth-order valence-electron chi connectivity index (χ4n) is 4.85. The fourth-order valence-corrected chi connectivity index (χ4v) is 6.17. The van der Waals surface area contributed by atoms with Crippen LogP contribution in [0.3, 0.4) is 0 Å². The molecule has 2 aromatic rings. The van der Waals surface area contributed by atoms with Gasteiger partial charge in [-0.15, -0.1) is 11.3 Å². The number of nitrogens with zero attached hydrogens (tertiary/aromatic N) is 2. The molecule has 31 heavy (non-hydrogen) atoms. The van der Waals surface area contributed by atoms with Crippen LogP contribution in [0.4, 0.5) is 0 Å². The Labute approximate surface area is 195 Å². The van der Waals surface area contributed by atoms with Crippen molar-refractivity contribution in [3.63, 3.8) is 0 Å². The van der Waals surface area contributed by atoms with Gasteiger partial charge in [0.15, 0.2) is 11.5 Å². The minimum Gasteiger partial charge on any atom is -0.493 e. The molecule has 2 atom stereocenters. The predicted molar refractivity (Wildman–Crippen MR) is 123 cm³/mol. The Bertz CT molecular complexity index is 898. The quantitative estimate of drug-likeness (QED) is 0.601. The molecule has 1 aromatic heterocycles. The Hall–Kier alpha value is -1.84. The van der Waals surface area contributed by atoms with Crippen molar-refractivity contribution in [3.8, 4) is 17.2 Å². The van der Waals surface area contributed by atoms with Crippen molar-refractivity contribution in [2.45, 2.75) is 56.8 Å². The summed E-state index contributed by atoms with van der Waals surface area (Å²) in [6.45, 7) is 0.888. The number of piperidine rings is 2. The van der Waals surface area contributed by atoms with Crippen LogP contribution in [-0.2, 0) is 6.54 Å². The number of rotatable bonds is 7. The standard InChI is InChI=1S/C22H28BrN3O4S/c1-28-17-7-13(8-18(29-2)21(17)30-3)22(27)25-14-9-15-5-4-6-16(10-14)26(15)12-20-24-11-19(23)31-20/h7-8,11,14-16H,4-6,9-10,12H2,1-3H3,(H,25,27). The summed E-state index contributed by atoms with van der Waals surface area (Å²) in [6.07, 6.45) is 7.37. The summed E-state index contributed by atoms with van der Waals surface area (Å²) in [5.74, 6) is 1.33. The number of hydrogen-bond acceptors (Lipinski definition) is 7. The second-order valence-corrected chi connectivity index (χ2v) is 10.5. The van der Waals surface area contributed by atoms with E-state index in [4.69, 9.17) is 14.2 Å². The van der Waals surface area contributed by atoms with Crippen LogP contribution in [-0.4, -0.2) is 55.2 Å². The second-order valence-electron chi connectivity index (χ2n) is 8.02. The molecule has 3 heterocycles. The Morgan fingerprint density at radius 3 is 2.32 bits per heavy atom. The van der Waals surface area contributed by atoms with Gasteiger partial charge >= 0.3 is 0 Å². The Balaban J connectivity index is 1.45. The molecule has 0 spiro atoms. The van der Waals surface area contributed by atoms with Gasteiger partial charge in [-0.1, -0.05) is 6.42 Å².